The Kier molecular flexibility index (Phi) is 2.98. The lowest BCUT2D eigenvalue weighted by Crippen LogP contribution is -2.68. The van der Waals surface area contributed by atoms with Gasteiger partial charge >= 0.3 is 0 Å². The Morgan fingerprint density at radius 3 is 1.95 bits per heavy atom. The van der Waals surface area contributed by atoms with Crippen molar-refractivity contribution in [3.8, 4) is 0 Å². The number of aliphatic hydroxyl groups is 2. The topological polar surface area (TPSA) is 78.5 Å². The van der Waals surface area contributed by atoms with Crippen LogP contribution in [0.3, 0.4) is 0 Å². The zero-order chi connectivity index (χ0) is 14.0. The first-order valence-electron chi connectivity index (χ1n) is 8.43. The van der Waals surface area contributed by atoms with Gasteiger partial charge in [-0.15, -0.1) is 0 Å². The van der Waals surface area contributed by atoms with Gasteiger partial charge in [-0.25, -0.2) is 0 Å². The highest BCUT2D eigenvalue weighted by molar-refractivity contribution is 5.14. The Balaban J connectivity index is 1.47. The van der Waals surface area contributed by atoms with E-state index < -0.39 is 11.2 Å². The fraction of sp³-hybridized carbons (Fsp3) is 1.00. The van der Waals surface area contributed by atoms with Crippen LogP contribution in [-0.2, 0) is 0 Å². The maximum Gasteiger partial charge on any atom is 0.0681 e. The number of hydrogen-bond acceptors (Lipinski definition) is 4. The summed E-state index contributed by atoms with van der Waals surface area (Å²) in [4.78, 5) is 0. The standard InChI is InChI=1S/C16H28N2O2/c17-14(10-3-1-2-4-10)18-13-11-5-15(19)7-12(13)8-16(20,6-11)9-15/h10-14,18-20H,1-9,17H2. The summed E-state index contributed by atoms with van der Waals surface area (Å²) in [7, 11) is 0. The van der Waals surface area contributed by atoms with Gasteiger partial charge in [0.15, 0.2) is 0 Å². The predicted molar refractivity (Wildman–Crippen MR) is 76.8 cm³/mol. The summed E-state index contributed by atoms with van der Waals surface area (Å²) < 4.78 is 0. The van der Waals surface area contributed by atoms with Crippen LogP contribution in [-0.4, -0.2) is 33.6 Å². The Hall–Kier alpha value is -0.160. The minimum Gasteiger partial charge on any atom is -0.390 e. The lowest BCUT2D eigenvalue weighted by molar-refractivity contribution is -0.210. The van der Waals surface area contributed by atoms with E-state index in [4.69, 9.17) is 5.73 Å². The third kappa shape index (κ3) is 2.12. The smallest absolute Gasteiger partial charge is 0.0681 e. The van der Waals surface area contributed by atoms with Crippen molar-refractivity contribution in [1.29, 1.82) is 0 Å². The molecule has 0 heterocycles. The summed E-state index contributed by atoms with van der Waals surface area (Å²) in [5.74, 6) is 1.43. The van der Waals surface area contributed by atoms with Gasteiger partial charge in [0.25, 0.3) is 0 Å². The molecular weight excluding hydrogens is 252 g/mol. The van der Waals surface area contributed by atoms with Gasteiger partial charge in [0.1, 0.15) is 0 Å². The van der Waals surface area contributed by atoms with Crippen molar-refractivity contribution in [3.63, 3.8) is 0 Å². The second-order valence-electron chi connectivity index (χ2n) is 8.22. The molecule has 1 unspecified atom stereocenters. The first kappa shape index (κ1) is 13.5. The van der Waals surface area contributed by atoms with Gasteiger partial charge in [-0.05, 0) is 56.3 Å². The van der Waals surface area contributed by atoms with Crippen LogP contribution in [0, 0.1) is 17.8 Å². The Bertz CT molecular complexity index is 358. The molecule has 0 aromatic rings. The summed E-state index contributed by atoms with van der Waals surface area (Å²) in [5, 5.41) is 24.9. The first-order chi connectivity index (χ1) is 9.46. The molecule has 0 aliphatic heterocycles. The van der Waals surface area contributed by atoms with E-state index in [2.05, 4.69) is 5.32 Å². The number of hydrogen-bond donors (Lipinski definition) is 4. The molecule has 0 aromatic heterocycles. The summed E-state index contributed by atoms with van der Waals surface area (Å²) in [6, 6.07) is 0.409. The van der Waals surface area contributed by atoms with Crippen molar-refractivity contribution in [3.05, 3.63) is 0 Å². The van der Waals surface area contributed by atoms with Crippen molar-refractivity contribution in [2.24, 2.45) is 23.5 Å². The van der Waals surface area contributed by atoms with Crippen LogP contribution in [0.1, 0.15) is 57.8 Å². The summed E-state index contributed by atoms with van der Waals surface area (Å²) in [5.41, 5.74) is 5.19. The van der Waals surface area contributed by atoms with Crippen LogP contribution >= 0.6 is 0 Å². The lowest BCUT2D eigenvalue weighted by Gasteiger charge is -2.61. The Labute approximate surface area is 121 Å². The monoisotopic (exact) mass is 280 g/mol. The minimum absolute atomic E-state index is 0.101. The van der Waals surface area contributed by atoms with Crippen LogP contribution < -0.4 is 11.1 Å². The molecule has 0 amide bonds. The molecule has 5 saturated carbocycles. The third-order valence-corrected chi connectivity index (χ3v) is 6.54. The zero-order valence-electron chi connectivity index (χ0n) is 12.2. The average Bonchev–Trinajstić information content (AvgIpc) is 2.84. The molecular formula is C16H28N2O2. The van der Waals surface area contributed by atoms with E-state index in [1.54, 1.807) is 0 Å². The van der Waals surface area contributed by atoms with Crippen molar-refractivity contribution in [2.75, 3.05) is 0 Å². The van der Waals surface area contributed by atoms with Gasteiger partial charge in [0, 0.05) is 12.5 Å². The predicted octanol–water partition coefficient (Wildman–Crippen LogP) is 1.11. The first-order valence-corrected chi connectivity index (χ1v) is 8.43. The van der Waals surface area contributed by atoms with Gasteiger partial charge in [0.05, 0.1) is 17.4 Å². The highest BCUT2D eigenvalue weighted by Crippen LogP contribution is 2.57. The van der Waals surface area contributed by atoms with Gasteiger partial charge in [-0.1, -0.05) is 12.8 Å². The van der Waals surface area contributed by atoms with Crippen molar-refractivity contribution >= 4 is 0 Å². The second-order valence-corrected chi connectivity index (χ2v) is 8.22. The van der Waals surface area contributed by atoms with Gasteiger partial charge in [0.2, 0.25) is 0 Å². The maximum atomic E-state index is 10.6. The van der Waals surface area contributed by atoms with Gasteiger partial charge < -0.3 is 15.9 Å². The van der Waals surface area contributed by atoms with E-state index in [9.17, 15) is 10.2 Å². The molecule has 4 bridgehead atoms. The molecule has 4 nitrogen and oxygen atoms in total. The molecule has 4 heteroatoms. The summed E-state index contributed by atoms with van der Waals surface area (Å²) in [6.07, 6.45) is 9.23. The van der Waals surface area contributed by atoms with Gasteiger partial charge in [-0.3, -0.25) is 5.32 Å². The van der Waals surface area contributed by atoms with Crippen molar-refractivity contribution < 1.29 is 10.2 Å². The molecule has 5 N–H and O–H groups in total. The van der Waals surface area contributed by atoms with E-state index in [-0.39, 0.29) is 6.17 Å². The van der Waals surface area contributed by atoms with Crippen LogP contribution in [0.25, 0.3) is 0 Å². The summed E-state index contributed by atoms with van der Waals surface area (Å²) in [6.45, 7) is 0. The Morgan fingerprint density at radius 1 is 0.950 bits per heavy atom. The molecule has 114 valence electrons. The van der Waals surface area contributed by atoms with Gasteiger partial charge in [-0.2, -0.15) is 0 Å². The quantitative estimate of drug-likeness (QED) is 0.584. The molecule has 5 rings (SSSR count). The molecule has 0 spiro atoms. The normalized spacial score (nSPS) is 52.6. The van der Waals surface area contributed by atoms with E-state index in [0.717, 1.165) is 25.7 Å². The highest BCUT2D eigenvalue weighted by Gasteiger charge is 2.60. The molecule has 5 aliphatic carbocycles. The second kappa shape index (κ2) is 4.42. The molecule has 0 radical (unpaired) electrons. The van der Waals surface area contributed by atoms with Crippen LogP contribution in [0.4, 0.5) is 0 Å². The molecule has 5 aliphatic rings. The summed E-state index contributed by atoms with van der Waals surface area (Å²) >= 11 is 0. The fourth-order valence-electron chi connectivity index (χ4n) is 6.00. The largest absolute Gasteiger partial charge is 0.390 e. The van der Waals surface area contributed by atoms with Crippen LogP contribution in [0.2, 0.25) is 0 Å². The average molecular weight is 280 g/mol. The number of nitrogens with one attached hydrogen (secondary N) is 1. The van der Waals surface area contributed by atoms with E-state index in [1.807, 2.05) is 0 Å². The van der Waals surface area contributed by atoms with E-state index in [1.165, 1.54) is 25.7 Å². The lowest BCUT2D eigenvalue weighted by atomic mass is 9.50. The number of rotatable bonds is 3. The molecule has 20 heavy (non-hydrogen) atoms. The van der Waals surface area contributed by atoms with E-state index >= 15 is 0 Å². The van der Waals surface area contributed by atoms with Crippen LogP contribution in [0.15, 0.2) is 0 Å². The highest BCUT2D eigenvalue weighted by atomic mass is 16.3. The molecule has 0 saturated heterocycles. The molecule has 5 fully saturated rings. The van der Waals surface area contributed by atoms with E-state index in [0.29, 0.717) is 30.2 Å². The molecule has 0 aromatic carbocycles. The SMILES string of the molecule is NC(NC1C2CC3(O)CC1CC(O)(C2)C3)C1CCCC1. The zero-order valence-corrected chi connectivity index (χ0v) is 12.2. The number of nitrogens with two attached hydrogens (primary N) is 1. The molecule has 1 atom stereocenters. The van der Waals surface area contributed by atoms with Crippen molar-refractivity contribution in [2.45, 2.75) is 81.2 Å². The van der Waals surface area contributed by atoms with Crippen LogP contribution in [0.5, 0.6) is 0 Å². The minimum atomic E-state index is -0.601. The van der Waals surface area contributed by atoms with Crippen molar-refractivity contribution in [1.82, 2.24) is 5.32 Å². The third-order valence-electron chi connectivity index (χ3n) is 6.54. The maximum absolute atomic E-state index is 10.6. The Morgan fingerprint density at radius 2 is 1.45 bits per heavy atom. The fourth-order valence-corrected chi connectivity index (χ4v) is 6.00.